The van der Waals surface area contributed by atoms with Crippen molar-refractivity contribution in [1.29, 1.82) is 0 Å². The lowest BCUT2D eigenvalue weighted by Gasteiger charge is -2.31. The van der Waals surface area contributed by atoms with Gasteiger partial charge in [0.25, 0.3) is 0 Å². The number of hydrogen-bond donors (Lipinski definition) is 0. The van der Waals surface area contributed by atoms with Crippen molar-refractivity contribution in [3.63, 3.8) is 0 Å². The number of esters is 3. The lowest BCUT2D eigenvalue weighted by Crippen LogP contribution is -2.46. The van der Waals surface area contributed by atoms with Gasteiger partial charge in [-0.25, -0.2) is 4.79 Å². The van der Waals surface area contributed by atoms with Crippen LogP contribution >= 0.6 is 0 Å². The fraction of sp³-hybridized carbons (Fsp3) is 0.583. The van der Waals surface area contributed by atoms with E-state index in [1.165, 1.54) is 13.2 Å². The summed E-state index contributed by atoms with van der Waals surface area (Å²) < 4.78 is 13.9. The molecular formula is C12H16O6. The van der Waals surface area contributed by atoms with E-state index in [9.17, 15) is 14.4 Å². The number of rotatable bonds is 3. The van der Waals surface area contributed by atoms with E-state index < -0.39 is 23.3 Å². The zero-order valence-corrected chi connectivity index (χ0v) is 10.6. The van der Waals surface area contributed by atoms with Crippen LogP contribution in [0.5, 0.6) is 0 Å². The van der Waals surface area contributed by atoms with Crippen LogP contribution in [-0.4, -0.2) is 39.2 Å². The molecule has 1 aliphatic rings. The summed E-state index contributed by atoms with van der Waals surface area (Å²) in [4.78, 5) is 35.6. The van der Waals surface area contributed by atoms with E-state index in [-0.39, 0.29) is 12.0 Å². The van der Waals surface area contributed by atoms with E-state index in [4.69, 9.17) is 0 Å². The van der Waals surface area contributed by atoms with Crippen LogP contribution in [0, 0.1) is 5.41 Å². The third-order valence-electron chi connectivity index (χ3n) is 3.04. The molecule has 1 aliphatic carbocycles. The standard InChI is InChI=1S/C12H16O6/c1-16-9(13)8-6-4-5-7-12(8,10(14)17-2)11(15)18-3/h6H,4-5,7H2,1-3H3. The monoisotopic (exact) mass is 256 g/mol. The fourth-order valence-electron chi connectivity index (χ4n) is 2.15. The second-order valence-corrected chi connectivity index (χ2v) is 3.89. The average Bonchev–Trinajstić information content (AvgIpc) is 2.44. The molecule has 6 nitrogen and oxygen atoms in total. The molecule has 0 aromatic rings. The molecule has 0 unspecified atom stereocenters. The first-order chi connectivity index (χ1) is 8.54. The Morgan fingerprint density at radius 1 is 1.06 bits per heavy atom. The van der Waals surface area contributed by atoms with Crippen LogP contribution in [0.1, 0.15) is 19.3 Å². The van der Waals surface area contributed by atoms with E-state index >= 15 is 0 Å². The van der Waals surface area contributed by atoms with Crippen molar-refractivity contribution < 1.29 is 28.6 Å². The quantitative estimate of drug-likeness (QED) is 0.418. The second kappa shape index (κ2) is 5.66. The Morgan fingerprint density at radius 2 is 1.61 bits per heavy atom. The Bertz CT molecular complexity index is 379. The summed E-state index contributed by atoms with van der Waals surface area (Å²) in [6, 6.07) is 0. The molecule has 18 heavy (non-hydrogen) atoms. The van der Waals surface area contributed by atoms with Gasteiger partial charge in [0.15, 0.2) is 5.41 Å². The molecular weight excluding hydrogens is 240 g/mol. The van der Waals surface area contributed by atoms with Gasteiger partial charge in [0.1, 0.15) is 0 Å². The number of ether oxygens (including phenoxy) is 3. The Hall–Kier alpha value is -1.85. The van der Waals surface area contributed by atoms with Crippen LogP contribution in [0.3, 0.4) is 0 Å². The molecule has 0 amide bonds. The Morgan fingerprint density at radius 3 is 2.06 bits per heavy atom. The van der Waals surface area contributed by atoms with Crippen LogP contribution in [0.25, 0.3) is 0 Å². The molecule has 0 heterocycles. The summed E-state index contributed by atoms with van der Waals surface area (Å²) in [5.74, 6) is -2.32. The molecule has 0 saturated carbocycles. The summed E-state index contributed by atoms with van der Waals surface area (Å²) in [5, 5.41) is 0. The highest BCUT2D eigenvalue weighted by atomic mass is 16.5. The molecule has 6 heteroatoms. The van der Waals surface area contributed by atoms with Gasteiger partial charge in [0.2, 0.25) is 0 Å². The number of carbonyl (C=O) groups excluding carboxylic acids is 3. The van der Waals surface area contributed by atoms with Gasteiger partial charge in [-0.05, 0) is 19.3 Å². The Balaban J connectivity index is 3.34. The molecule has 1 rings (SSSR count). The minimum atomic E-state index is -1.70. The molecule has 0 fully saturated rings. The molecule has 0 bridgehead atoms. The maximum atomic E-state index is 11.9. The van der Waals surface area contributed by atoms with Gasteiger partial charge in [-0.15, -0.1) is 0 Å². The van der Waals surface area contributed by atoms with Gasteiger partial charge in [0.05, 0.1) is 26.9 Å². The van der Waals surface area contributed by atoms with Gasteiger partial charge in [-0.1, -0.05) is 6.08 Å². The molecule has 0 aliphatic heterocycles. The van der Waals surface area contributed by atoms with Crippen LogP contribution in [-0.2, 0) is 28.6 Å². The molecule has 0 radical (unpaired) electrons. The van der Waals surface area contributed by atoms with E-state index in [2.05, 4.69) is 14.2 Å². The van der Waals surface area contributed by atoms with Gasteiger partial charge < -0.3 is 14.2 Å². The maximum absolute atomic E-state index is 11.9. The van der Waals surface area contributed by atoms with Crippen LogP contribution in [0.4, 0.5) is 0 Å². The molecule has 100 valence electrons. The first-order valence-corrected chi connectivity index (χ1v) is 5.50. The van der Waals surface area contributed by atoms with Crippen molar-refractivity contribution in [3.8, 4) is 0 Å². The molecule has 0 saturated heterocycles. The summed E-state index contributed by atoms with van der Waals surface area (Å²) in [6.45, 7) is 0. The highest BCUT2D eigenvalue weighted by Gasteiger charge is 2.55. The number of hydrogen-bond acceptors (Lipinski definition) is 6. The van der Waals surface area contributed by atoms with E-state index in [0.29, 0.717) is 12.8 Å². The first kappa shape index (κ1) is 14.2. The third kappa shape index (κ3) is 2.10. The third-order valence-corrected chi connectivity index (χ3v) is 3.04. The van der Waals surface area contributed by atoms with Crippen molar-refractivity contribution in [2.24, 2.45) is 5.41 Å². The lowest BCUT2D eigenvalue weighted by molar-refractivity contribution is -0.169. The van der Waals surface area contributed by atoms with Gasteiger partial charge in [0, 0.05) is 0 Å². The summed E-state index contributed by atoms with van der Waals surface area (Å²) in [5.41, 5.74) is -1.70. The van der Waals surface area contributed by atoms with Crippen molar-refractivity contribution in [3.05, 3.63) is 11.6 Å². The largest absolute Gasteiger partial charge is 0.468 e. The minimum Gasteiger partial charge on any atom is -0.468 e. The van der Waals surface area contributed by atoms with Crippen molar-refractivity contribution in [1.82, 2.24) is 0 Å². The molecule has 0 N–H and O–H groups in total. The van der Waals surface area contributed by atoms with Gasteiger partial charge >= 0.3 is 17.9 Å². The van der Waals surface area contributed by atoms with Crippen molar-refractivity contribution in [2.45, 2.75) is 19.3 Å². The molecule has 0 aromatic carbocycles. The minimum absolute atomic E-state index is 0.00468. The highest BCUT2D eigenvalue weighted by molar-refractivity contribution is 6.11. The van der Waals surface area contributed by atoms with E-state index in [0.717, 1.165) is 14.2 Å². The fourth-order valence-corrected chi connectivity index (χ4v) is 2.15. The zero-order valence-electron chi connectivity index (χ0n) is 10.6. The smallest absolute Gasteiger partial charge is 0.335 e. The predicted octanol–water partition coefficient (Wildman–Crippen LogP) is 0.602. The average molecular weight is 256 g/mol. The zero-order chi connectivity index (χ0) is 13.8. The lowest BCUT2D eigenvalue weighted by atomic mass is 9.72. The van der Waals surface area contributed by atoms with Crippen molar-refractivity contribution in [2.75, 3.05) is 21.3 Å². The van der Waals surface area contributed by atoms with Gasteiger partial charge in [-0.2, -0.15) is 0 Å². The topological polar surface area (TPSA) is 78.9 Å². The molecule has 0 atom stereocenters. The van der Waals surface area contributed by atoms with Gasteiger partial charge in [-0.3, -0.25) is 9.59 Å². The van der Waals surface area contributed by atoms with E-state index in [1.807, 2.05) is 0 Å². The Kier molecular flexibility index (Phi) is 4.47. The highest BCUT2D eigenvalue weighted by Crippen LogP contribution is 2.40. The predicted molar refractivity (Wildman–Crippen MR) is 60.4 cm³/mol. The normalized spacial score (nSPS) is 17.4. The Labute approximate surface area is 105 Å². The molecule has 0 aromatic heterocycles. The van der Waals surface area contributed by atoms with Crippen LogP contribution < -0.4 is 0 Å². The van der Waals surface area contributed by atoms with Crippen molar-refractivity contribution >= 4 is 17.9 Å². The second-order valence-electron chi connectivity index (χ2n) is 3.89. The maximum Gasteiger partial charge on any atom is 0.335 e. The number of allylic oxidation sites excluding steroid dienone is 1. The summed E-state index contributed by atoms with van der Waals surface area (Å²) in [6.07, 6.45) is 2.89. The first-order valence-electron chi connectivity index (χ1n) is 5.50. The molecule has 0 spiro atoms. The summed E-state index contributed by atoms with van der Waals surface area (Å²) >= 11 is 0. The SMILES string of the molecule is COC(=O)C1=CCCCC1(C(=O)OC)C(=O)OC. The van der Waals surface area contributed by atoms with E-state index in [1.54, 1.807) is 0 Å². The van der Waals surface area contributed by atoms with Crippen LogP contribution in [0.15, 0.2) is 11.6 Å². The van der Waals surface area contributed by atoms with Crippen LogP contribution in [0.2, 0.25) is 0 Å². The number of methoxy groups -OCH3 is 3. The summed E-state index contributed by atoms with van der Waals surface area (Å²) in [7, 11) is 3.52. The number of carbonyl (C=O) groups is 3.